The van der Waals surface area contributed by atoms with E-state index in [9.17, 15) is 9.18 Å². The van der Waals surface area contributed by atoms with Crippen molar-refractivity contribution in [2.75, 3.05) is 24.5 Å². The zero-order valence-corrected chi connectivity index (χ0v) is 18.4. The number of amides is 1. The molecule has 0 spiro atoms. The van der Waals surface area contributed by atoms with Crippen molar-refractivity contribution in [3.63, 3.8) is 0 Å². The van der Waals surface area contributed by atoms with E-state index in [4.69, 9.17) is 0 Å². The number of hydrogen-bond acceptors (Lipinski definition) is 6. The molecule has 2 aliphatic heterocycles. The van der Waals surface area contributed by atoms with Crippen LogP contribution in [-0.2, 0) is 0 Å². The smallest absolute Gasteiger partial charge is 0.259 e. The summed E-state index contributed by atoms with van der Waals surface area (Å²) in [5.74, 6) is -0.412. The molecule has 1 amide bonds. The van der Waals surface area contributed by atoms with Crippen molar-refractivity contribution >= 4 is 22.8 Å². The van der Waals surface area contributed by atoms with Crippen LogP contribution < -0.4 is 4.90 Å². The second kappa shape index (κ2) is 7.82. The predicted octanol–water partition coefficient (Wildman–Crippen LogP) is 3.15. The van der Waals surface area contributed by atoms with Crippen LogP contribution >= 0.6 is 0 Å². The Bertz CT molecular complexity index is 1410. The number of para-hydroxylation sites is 1. The fourth-order valence-electron chi connectivity index (χ4n) is 4.91. The average molecular weight is 461 g/mol. The first-order valence-electron chi connectivity index (χ1n) is 11.1. The fraction of sp³-hybridized carbons (Fsp3) is 0.292. The molecule has 1 unspecified atom stereocenters. The molecule has 0 N–H and O–H groups in total. The second-order valence-electron chi connectivity index (χ2n) is 8.76. The Morgan fingerprint density at radius 2 is 1.91 bits per heavy atom. The summed E-state index contributed by atoms with van der Waals surface area (Å²) in [4.78, 5) is 27.4. The normalized spacial score (nSPS) is 19.7. The highest BCUT2D eigenvalue weighted by Crippen LogP contribution is 2.37. The van der Waals surface area contributed by atoms with Gasteiger partial charge >= 0.3 is 0 Å². The maximum absolute atomic E-state index is 15.2. The molecular formula is C24H21F2N7O. The number of carbonyl (C=O) groups excluding carboxylic acids is 1. The molecule has 0 bridgehead atoms. The molecule has 0 aliphatic carbocycles. The molecule has 6 rings (SSSR count). The van der Waals surface area contributed by atoms with E-state index < -0.39 is 17.5 Å². The van der Waals surface area contributed by atoms with Crippen molar-refractivity contribution in [1.29, 1.82) is 0 Å². The fourth-order valence-corrected chi connectivity index (χ4v) is 4.91. The number of aryl methyl sites for hydroxylation is 1. The zero-order valence-electron chi connectivity index (χ0n) is 18.4. The molecule has 2 aliphatic rings. The Labute approximate surface area is 193 Å². The van der Waals surface area contributed by atoms with E-state index in [0.29, 0.717) is 41.6 Å². The Kier molecular flexibility index (Phi) is 4.75. The van der Waals surface area contributed by atoms with E-state index in [2.05, 4.69) is 20.2 Å². The molecule has 10 heteroatoms. The molecule has 4 heterocycles. The number of anilines is 1. The quantitative estimate of drug-likeness (QED) is 0.466. The van der Waals surface area contributed by atoms with Crippen molar-refractivity contribution < 1.29 is 13.6 Å². The van der Waals surface area contributed by atoms with Gasteiger partial charge in [-0.15, -0.1) is 0 Å². The van der Waals surface area contributed by atoms with E-state index >= 15 is 4.39 Å². The first-order chi connectivity index (χ1) is 16.5. The topological polar surface area (TPSA) is 80.0 Å². The highest BCUT2D eigenvalue weighted by Gasteiger charge is 2.45. The first-order valence-corrected chi connectivity index (χ1v) is 11.1. The lowest BCUT2D eigenvalue weighted by Crippen LogP contribution is -2.65. The molecule has 2 fully saturated rings. The Hall–Kier alpha value is -3.95. The largest absolute Gasteiger partial charge is 0.350 e. The van der Waals surface area contributed by atoms with Gasteiger partial charge in [0.25, 0.3) is 5.91 Å². The molecule has 172 valence electrons. The lowest BCUT2D eigenvalue weighted by atomic mass is 9.82. The van der Waals surface area contributed by atoms with Crippen LogP contribution in [0.2, 0.25) is 0 Å². The summed E-state index contributed by atoms with van der Waals surface area (Å²) in [6.45, 7) is 3.34. The standard InChI is InChI=1S/C24H21F2N7O/c1-14-5-6-18(33-28-8-9-29-33)21(22(14)26)24(34)31-10-7-15-12-32(19(15)13-31)20-11-27-17-4-2-3-16(25)23(17)30-20/h2-6,8-9,11,15,19H,7,10,12-13H2,1H3/t15?,19-/m1/s1. The monoisotopic (exact) mass is 461 g/mol. The van der Waals surface area contributed by atoms with Crippen LogP contribution in [-0.4, -0.2) is 61.4 Å². The lowest BCUT2D eigenvalue weighted by molar-refractivity contribution is 0.0586. The summed E-state index contributed by atoms with van der Waals surface area (Å²) in [6.07, 6.45) is 5.40. The Morgan fingerprint density at radius 1 is 1.09 bits per heavy atom. The number of aromatic nitrogens is 5. The van der Waals surface area contributed by atoms with Crippen LogP contribution in [0.25, 0.3) is 16.7 Å². The number of likely N-dealkylation sites (tertiary alicyclic amines) is 1. The number of piperidine rings is 1. The van der Waals surface area contributed by atoms with Crippen LogP contribution in [0.5, 0.6) is 0 Å². The average Bonchev–Trinajstić information content (AvgIpc) is 3.36. The summed E-state index contributed by atoms with van der Waals surface area (Å²) in [5, 5.41) is 8.16. The van der Waals surface area contributed by atoms with Gasteiger partial charge < -0.3 is 9.80 Å². The third kappa shape index (κ3) is 3.20. The number of hydrogen-bond donors (Lipinski definition) is 0. The van der Waals surface area contributed by atoms with Gasteiger partial charge in [0, 0.05) is 25.6 Å². The minimum absolute atomic E-state index is 0.00960. The van der Waals surface area contributed by atoms with Gasteiger partial charge in [-0.2, -0.15) is 15.0 Å². The molecule has 4 aromatic rings. The second-order valence-corrected chi connectivity index (χ2v) is 8.76. The van der Waals surface area contributed by atoms with Crippen LogP contribution in [0, 0.1) is 24.5 Å². The number of rotatable bonds is 3. The molecule has 2 atom stereocenters. The van der Waals surface area contributed by atoms with E-state index in [1.54, 1.807) is 42.3 Å². The molecule has 2 saturated heterocycles. The van der Waals surface area contributed by atoms with E-state index in [1.165, 1.54) is 23.3 Å². The third-order valence-corrected chi connectivity index (χ3v) is 6.81. The van der Waals surface area contributed by atoms with E-state index in [-0.39, 0.29) is 17.1 Å². The number of nitrogens with zero attached hydrogens (tertiary/aromatic N) is 7. The van der Waals surface area contributed by atoms with Gasteiger partial charge in [0.15, 0.2) is 5.82 Å². The van der Waals surface area contributed by atoms with Crippen molar-refractivity contribution in [2.24, 2.45) is 5.92 Å². The zero-order chi connectivity index (χ0) is 23.4. The summed E-state index contributed by atoms with van der Waals surface area (Å²) in [6, 6.07) is 7.97. The molecular weight excluding hydrogens is 440 g/mol. The molecule has 2 aromatic heterocycles. The van der Waals surface area contributed by atoms with Gasteiger partial charge in [0.05, 0.1) is 30.1 Å². The summed E-state index contributed by atoms with van der Waals surface area (Å²) < 4.78 is 29.4. The van der Waals surface area contributed by atoms with Gasteiger partial charge in [-0.3, -0.25) is 9.78 Å². The van der Waals surface area contributed by atoms with E-state index in [0.717, 1.165) is 13.0 Å². The highest BCUT2D eigenvalue weighted by molar-refractivity contribution is 5.98. The minimum atomic E-state index is -0.566. The maximum Gasteiger partial charge on any atom is 0.259 e. The summed E-state index contributed by atoms with van der Waals surface area (Å²) in [7, 11) is 0. The van der Waals surface area contributed by atoms with Gasteiger partial charge in [-0.05, 0) is 37.1 Å². The van der Waals surface area contributed by atoms with Crippen molar-refractivity contribution in [2.45, 2.75) is 19.4 Å². The van der Waals surface area contributed by atoms with Gasteiger partial charge in [-0.25, -0.2) is 13.8 Å². The SMILES string of the molecule is Cc1ccc(-n2nccn2)c(C(=O)N2CCC3CN(c4cnc5cccc(F)c5n4)[C@@H]3C2)c1F. The molecule has 34 heavy (non-hydrogen) atoms. The number of carbonyl (C=O) groups is 1. The number of benzene rings is 2. The van der Waals surface area contributed by atoms with Crippen LogP contribution in [0.3, 0.4) is 0 Å². The van der Waals surface area contributed by atoms with E-state index in [1.807, 2.05) is 4.90 Å². The summed E-state index contributed by atoms with van der Waals surface area (Å²) in [5.41, 5.74) is 1.38. The van der Waals surface area contributed by atoms with Crippen molar-refractivity contribution in [1.82, 2.24) is 29.9 Å². The summed E-state index contributed by atoms with van der Waals surface area (Å²) >= 11 is 0. The van der Waals surface area contributed by atoms with Crippen LogP contribution in [0.4, 0.5) is 14.6 Å². The number of fused-ring (bicyclic) bond motifs is 2. The van der Waals surface area contributed by atoms with Gasteiger partial charge in [-0.1, -0.05) is 12.1 Å². The highest BCUT2D eigenvalue weighted by atomic mass is 19.1. The number of halogens is 2. The molecule has 8 nitrogen and oxygen atoms in total. The van der Waals surface area contributed by atoms with Crippen LogP contribution in [0.1, 0.15) is 22.3 Å². The van der Waals surface area contributed by atoms with Crippen molar-refractivity contribution in [3.05, 3.63) is 71.7 Å². The Morgan fingerprint density at radius 3 is 2.74 bits per heavy atom. The minimum Gasteiger partial charge on any atom is -0.350 e. The predicted molar refractivity (Wildman–Crippen MR) is 121 cm³/mol. The first kappa shape index (κ1) is 20.6. The van der Waals surface area contributed by atoms with Gasteiger partial charge in [0.2, 0.25) is 0 Å². The molecule has 0 radical (unpaired) electrons. The maximum atomic E-state index is 15.2. The lowest BCUT2D eigenvalue weighted by Gasteiger charge is -2.53. The molecule has 2 aromatic carbocycles. The molecule has 0 saturated carbocycles. The van der Waals surface area contributed by atoms with Gasteiger partial charge in [0.1, 0.15) is 28.4 Å². The Balaban J connectivity index is 1.29. The third-order valence-electron chi connectivity index (χ3n) is 6.81. The van der Waals surface area contributed by atoms with Crippen molar-refractivity contribution in [3.8, 4) is 5.69 Å². The van der Waals surface area contributed by atoms with Crippen LogP contribution in [0.15, 0.2) is 48.9 Å².